The fourth-order valence-electron chi connectivity index (χ4n) is 3.45. The van der Waals surface area contributed by atoms with E-state index in [1.807, 2.05) is 47.3 Å². The largest absolute Gasteiger partial charge is 0.335 e. The number of sulfonamides is 1. The van der Waals surface area contributed by atoms with Crippen molar-refractivity contribution >= 4 is 10.0 Å². The highest BCUT2D eigenvalue weighted by atomic mass is 32.2. The molecule has 0 fully saturated rings. The van der Waals surface area contributed by atoms with E-state index in [-0.39, 0.29) is 13.1 Å². The van der Waals surface area contributed by atoms with Crippen molar-refractivity contribution < 1.29 is 8.42 Å². The second-order valence-corrected chi connectivity index (χ2v) is 8.86. The van der Waals surface area contributed by atoms with Crippen LogP contribution in [0.3, 0.4) is 0 Å². The molecule has 0 spiro atoms. The van der Waals surface area contributed by atoms with Gasteiger partial charge in [-0.05, 0) is 25.0 Å². The Kier molecular flexibility index (Phi) is 4.84. The topological polar surface area (TPSA) is 73.0 Å². The average Bonchev–Trinajstić information content (AvgIpc) is 3.27. The summed E-state index contributed by atoms with van der Waals surface area (Å²) in [7, 11) is -3.41. The predicted molar refractivity (Wildman–Crippen MR) is 103 cm³/mol. The molecule has 4 rings (SSSR count). The van der Waals surface area contributed by atoms with Crippen molar-refractivity contribution in [2.45, 2.75) is 38.9 Å². The molecule has 7 nitrogen and oxygen atoms in total. The summed E-state index contributed by atoms with van der Waals surface area (Å²) in [6.45, 7) is 1.41. The van der Waals surface area contributed by atoms with E-state index in [1.54, 1.807) is 6.20 Å². The number of imidazole rings is 2. The molecule has 1 aromatic carbocycles. The van der Waals surface area contributed by atoms with Crippen molar-refractivity contribution in [2.24, 2.45) is 0 Å². The number of rotatable bonds is 6. The van der Waals surface area contributed by atoms with Crippen LogP contribution in [0, 0.1) is 0 Å². The highest BCUT2D eigenvalue weighted by Gasteiger charge is 2.22. The SMILES string of the molecule is CS(=O)(=O)N(Cc1cn2c(n1)CCCC2)Cc1nccn1-c1ccccc1. The van der Waals surface area contributed by atoms with Crippen molar-refractivity contribution in [3.05, 3.63) is 66.3 Å². The molecule has 0 amide bonds. The van der Waals surface area contributed by atoms with Crippen LogP contribution in [-0.2, 0) is 36.1 Å². The minimum Gasteiger partial charge on any atom is -0.335 e. The summed E-state index contributed by atoms with van der Waals surface area (Å²) in [6, 6.07) is 9.79. The van der Waals surface area contributed by atoms with Gasteiger partial charge < -0.3 is 9.13 Å². The summed E-state index contributed by atoms with van der Waals surface area (Å²) in [5, 5.41) is 0. The lowest BCUT2D eigenvalue weighted by Gasteiger charge is -2.19. The van der Waals surface area contributed by atoms with Gasteiger partial charge in [-0.3, -0.25) is 0 Å². The van der Waals surface area contributed by atoms with Crippen LogP contribution in [0.1, 0.15) is 30.2 Å². The third-order valence-electron chi connectivity index (χ3n) is 4.84. The maximum absolute atomic E-state index is 12.4. The van der Waals surface area contributed by atoms with Crippen molar-refractivity contribution in [2.75, 3.05) is 6.26 Å². The number of para-hydroxylation sites is 1. The van der Waals surface area contributed by atoms with E-state index >= 15 is 0 Å². The quantitative estimate of drug-likeness (QED) is 0.653. The van der Waals surface area contributed by atoms with Gasteiger partial charge in [0, 0.05) is 37.2 Å². The van der Waals surface area contributed by atoms with E-state index in [0.29, 0.717) is 5.82 Å². The summed E-state index contributed by atoms with van der Waals surface area (Å²) in [5.41, 5.74) is 1.74. The van der Waals surface area contributed by atoms with Crippen LogP contribution >= 0.6 is 0 Å². The first-order valence-electron chi connectivity index (χ1n) is 9.08. The highest BCUT2D eigenvalue weighted by molar-refractivity contribution is 7.88. The standard InChI is InChI=1S/C19H23N5O2S/c1-27(25,26)23(14-16-13-22-11-6-5-9-18(22)21-16)15-19-20-10-12-24(19)17-7-3-2-4-8-17/h2-4,7-8,10,12-13H,5-6,9,11,14-15H2,1H3. The van der Waals surface area contributed by atoms with Gasteiger partial charge in [0.05, 0.1) is 25.0 Å². The van der Waals surface area contributed by atoms with Gasteiger partial charge in [-0.2, -0.15) is 4.31 Å². The van der Waals surface area contributed by atoms with Crippen molar-refractivity contribution in [3.8, 4) is 5.69 Å². The summed E-state index contributed by atoms with van der Waals surface area (Å²) < 4.78 is 30.3. The van der Waals surface area contributed by atoms with E-state index in [2.05, 4.69) is 14.5 Å². The third kappa shape index (κ3) is 3.96. The van der Waals surface area contributed by atoms with E-state index in [0.717, 1.165) is 43.0 Å². The van der Waals surface area contributed by atoms with Gasteiger partial charge in [0.15, 0.2) is 0 Å². The van der Waals surface area contributed by atoms with Gasteiger partial charge in [-0.25, -0.2) is 18.4 Å². The van der Waals surface area contributed by atoms with Gasteiger partial charge in [0.25, 0.3) is 0 Å². The molecule has 1 aliphatic heterocycles. The Bertz CT molecular complexity index is 1000. The summed E-state index contributed by atoms with van der Waals surface area (Å²) in [6.07, 6.45) is 10.00. The van der Waals surface area contributed by atoms with Gasteiger partial charge >= 0.3 is 0 Å². The monoisotopic (exact) mass is 385 g/mol. The molecule has 0 saturated heterocycles. The van der Waals surface area contributed by atoms with Crippen molar-refractivity contribution in [1.29, 1.82) is 0 Å². The Labute approximate surface area is 159 Å². The van der Waals surface area contributed by atoms with Crippen LogP contribution in [0.2, 0.25) is 0 Å². The molecule has 0 radical (unpaired) electrons. The third-order valence-corrected chi connectivity index (χ3v) is 6.03. The molecule has 2 aromatic heterocycles. The normalized spacial score (nSPS) is 14.4. The molecule has 1 aliphatic rings. The van der Waals surface area contributed by atoms with E-state index in [1.165, 1.54) is 10.6 Å². The summed E-state index contributed by atoms with van der Waals surface area (Å²) >= 11 is 0. The highest BCUT2D eigenvalue weighted by Crippen LogP contribution is 2.19. The maximum atomic E-state index is 12.4. The maximum Gasteiger partial charge on any atom is 0.211 e. The Balaban J connectivity index is 1.59. The lowest BCUT2D eigenvalue weighted by atomic mass is 10.2. The fourth-order valence-corrected chi connectivity index (χ4v) is 4.17. The zero-order chi connectivity index (χ0) is 18.9. The first-order valence-corrected chi connectivity index (χ1v) is 10.9. The van der Waals surface area contributed by atoms with Crippen LogP contribution in [-0.4, -0.2) is 38.1 Å². The minimum atomic E-state index is -3.41. The second-order valence-electron chi connectivity index (χ2n) is 6.88. The molecule has 0 aliphatic carbocycles. The first-order chi connectivity index (χ1) is 13.0. The smallest absolute Gasteiger partial charge is 0.211 e. The molecule has 3 aromatic rings. The van der Waals surface area contributed by atoms with Crippen LogP contribution in [0.5, 0.6) is 0 Å². The first kappa shape index (κ1) is 17.9. The summed E-state index contributed by atoms with van der Waals surface area (Å²) in [4.78, 5) is 9.03. The lowest BCUT2D eigenvalue weighted by molar-refractivity contribution is 0.390. The van der Waals surface area contributed by atoms with E-state index in [4.69, 9.17) is 0 Å². The molecular weight excluding hydrogens is 362 g/mol. The molecule has 0 saturated carbocycles. The van der Waals surface area contributed by atoms with Crippen molar-refractivity contribution in [3.63, 3.8) is 0 Å². The molecular formula is C19H23N5O2S. The minimum absolute atomic E-state index is 0.197. The zero-order valence-corrected chi connectivity index (χ0v) is 16.1. The van der Waals surface area contributed by atoms with Crippen LogP contribution in [0.4, 0.5) is 0 Å². The number of benzene rings is 1. The molecule has 142 valence electrons. The van der Waals surface area contributed by atoms with Crippen molar-refractivity contribution in [1.82, 2.24) is 23.4 Å². The Morgan fingerprint density at radius 2 is 1.96 bits per heavy atom. The molecule has 3 heterocycles. The molecule has 27 heavy (non-hydrogen) atoms. The summed E-state index contributed by atoms with van der Waals surface area (Å²) in [5.74, 6) is 1.73. The molecule has 0 atom stereocenters. The fraction of sp³-hybridized carbons (Fsp3) is 0.368. The Hall–Kier alpha value is -2.45. The number of fused-ring (bicyclic) bond motifs is 1. The number of aromatic nitrogens is 4. The Morgan fingerprint density at radius 3 is 2.70 bits per heavy atom. The zero-order valence-electron chi connectivity index (χ0n) is 15.3. The Morgan fingerprint density at radius 1 is 1.15 bits per heavy atom. The molecule has 0 bridgehead atoms. The second kappa shape index (κ2) is 7.28. The number of aryl methyl sites for hydroxylation is 2. The lowest BCUT2D eigenvalue weighted by Crippen LogP contribution is -2.30. The van der Waals surface area contributed by atoms with Crippen LogP contribution < -0.4 is 0 Å². The van der Waals surface area contributed by atoms with Crippen LogP contribution in [0.15, 0.2) is 48.9 Å². The van der Waals surface area contributed by atoms with Gasteiger partial charge in [-0.15, -0.1) is 0 Å². The number of nitrogens with zero attached hydrogens (tertiary/aromatic N) is 5. The van der Waals surface area contributed by atoms with Gasteiger partial charge in [0.1, 0.15) is 11.6 Å². The number of hydrogen-bond acceptors (Lipinski definition) is 4. The van der Waals surface area contributed by atoms with Gasteiger partial charge in [-0.1, -0.05) is 18.2 Å². The molecule has 8 heteroatoms. The predicted octanol–water partition coefficient (Wildman–Crippen LogP) is 2.37. The molecule has 0 unspecified atom stereocenters. The van der Waals surface area contributed by atoms with Crippen LogP contribution in [0.25, 0.3) is 5.69 Å². The van der Waals surface area contributed by atoms with E-state index < -0.39 is 10.0 Å². The van der Waals surface area contributed by atoms with Gasteiger partial charge in [0.2, 0.25) is 10.0 Å². The average molecular weight is 385 g/mol. The molecule has 0 N–H and O–H groups in total. The van der Waals surface area contributed by atoms with E-state index in [9.17, 15) is 8.42 Å². The number of hydrogen-bond donors (Lipinski definition) is 0.